The summed E-state index contributed by atoms with van der Waals surface area (Å²) in [6.45, 7) is 4.33. The summed E-state index contributed by atoms with van der Waals surface area (Å²) in [6.07, 6.45) is 7.66. The topological polar surface area (TPSA) is 58.4 Å². The van der Waals surface area contributed by atoms with Crippen LogP contribution in [0.5, 0.6) is 0 Å². The average molecular weight is 376 g/mol. The van der Waals surface area contributed by atoms with E-state index in [-0.39, 0.29) is 30.7 Å². The van der Waals surface area contributed by atoms with E-state index in [9.17, 15) is 4.79 Å². The SMILES string of the molecule is Cl.Cl.Nc1ccccc1CCC(=O)NCCCN1CCCCCC1. The van der Waals surface area contributed by atoms with Gasteiger partial charge >= 0.3 is 0 Å². The third-order valence-corrected chi connectivity index (χ3v) is 4.35. The molecule has 1 aromatic carbocycles. The number of hydrogen-bond donors (Lipinski definition) is 2. The maximum atomic E-state index is 11.9. The standard InChI is InChI=1S/C18H29N3O.2ClH/c19-17-9-4-3-8-16(17)10-11-18(22)20-12-7-15-21-13-5-1-2-6-14-21;;/h3-4,8-9H,1-2,5-7,10-15,19H2,(H,20,22);2*1H. The summed E-state index contributed by atoms with van der Waals surface area (Å²) in [5.74, 6) is 0.124. The minimum atomic E-state index is 0. The van der Waals surface area contributed by atoms with Gasteiger partial charge in [-0.1, -0.05) is 31.0 Å². The maximum absolute atomic E-state index is 11.9. The third kappa shape index (κ3) is 8.76. The Labute approximate surface area is 158 Å². The van der Waals surface area contributed by atoms with Crippen molar-refractivity contribution < 1.29 is 4.79 Å². The third-order valence-electron chi connectivity index (χ3n) is 4.35. The number of aryl methyl sites for hydroxylation is 1. The number of para-hydroxylation sites is 1. The number of benzene rings is 1. The van der Waals surface area contributed by atoms with Crippen molar-refractivity contribution in [3.05, 3.63) is 29.8 Å². The van der Waals surface area contributed by atoms with E-state index in [1.54, 1.807) is 0 Å². The average Bonchev–Trinajstić information content (AvgIpc) is 2.79. The second kappa shape index (κ2) is 13.3. The van der Waals surface area contributed by atoms with Crippen molar-refractivity contribution in [3.8, 4) is 0 Å². The number of halogens is 2. The predicted molar refractivity (Wildman–Crippen MR) is 106 cm³/mol. The molecule has 1 fully saturated rings. The van der Waals surface area contributed by atoms with Crippen LogP contribution in [0.2, 0.25) is 0 Å². The summed E-state index contributed by atoms with van der Waals surface area (Å²) in [4.78, 5) is 14.4. The quantitative estimate of drug-likeness (QED) is 0.566. The molecule has 0 saturated carbocycles. The lowest BCUT2D eigenvalue weighted by atomic mass is 10.1. The molecule has 0 unspecified atom stereocenters. The zero-order valence-corrected chi connectivity index (χ0v) is 16.0. The molecule has 24 heavy (non-hydrogen) atoms. The summed E-state index contributed by atoms with van der Waals surface area (Å²) < 4.78 is 0. The van der Waals surface area contributed by atoms with E-state index in [0.29, 0.717) is 12.8 Å². The van der Waals surface area contributed by atoms with Crippen LogP contribution in [0.25, 0.3) is 0 Å². The number of nitrogens with one attached hydrogen (secondary N) is 1. The lowest BCUT2D eigenvalue weighted by Crippen LogP contribution is -2.30. The molecule has 1 aliphatic heterocycles. The van der Waals surface area contributed by atoms with Gasteiger partial charge in [-0.3, -0.25) is 4.79 Å². The fraction of sp³-hybridized carbons (Fsp3) is 0.611. The minimum absolute atomic E-state index is 0. The van der Waals surface area contributed by atoms with Gasteiger partial charge in [0.15, 0.2) is 0 Å². The number of nitrogens with two attached hydrogens (primary N) is 1. The van der Waals surface area contributed by atoms with Crippen molar-refractivity contribution in [2.75, 3.05) is 31.9 Å². The molecule has 1 aromatic rings. The van der Waals surface area contributed by atoms with Gasteiger partial charge in [0, 0.05) is 18.7 Å². The Morgan fingerprint density at radius 3 is 2.42 bits per heavy atom. The summed E-state index contributed by atoms with van der Waals surface area (Å²) in [5.41, 5.74) is 7.72. The molecule has 1 aliphatic rings. The molecule has 0 bridgehead atoms. The number of amides is 1. The van der Waals surface area contributed by atoms with Gasteiger partial charge in [0.1, 0.15) is 0 Å². The van der Waals surface area contributed by atoms with Crippen molar-refractivity contribution >= 4 is 36.4 Å². The maximum Gasteiger partial charge on any atom is 0.220 e. The van der Waals surface area contributed by atoms with Crippen LogP contribution in [0.3, 0.4) is 0 Å². The fourth-order valence-corrected chi connectivity index (χ4v) is 2.99. The normalized spacial score (nSPS) is 14.8. The molecule has 138 valence electrons. The Balaban J connectivity index is 0.00000264. The summed E-state index contributed by atoms with van der Waals surface area (Å²) in [5, 5.41) is 3.02. The van der Waals surface area contributed by atoms with E-state index < -0.39 is 0 Å². The Bertz CT molecular complexity index is 463. The molecular weight excluding hydrogens is 345 g/mol. The Morgan fingerprint density at radius 2 is 1.75 bits per heavy atom. The number of carbonyl (C=O) groups excluding carboxylic acids is 1. The molecule has 0 aliphatic carbocycles. The van der Waals surface area contributed by atoms with Crippen LogP contribution in [-0.2, 0) is 11.2 Å². The van der Waals surface area contributed by atoms with E-state index >= 15 is 0 Å². The second-order valence-electron chi connectivity index (χ2n) is 6.16. The van der Waals surface area contributed by atoms with E-state index in [1.165, 1.54) is 38.8 Å². The lowest BCUT2D eigenvalue weighted by Gasteiger charge is -2.19. The second-order valence-corrected chi connectivity index (χ2v) is 6.16. The van der Waals surface area contributed by atoms with Gasteiger partial charge in [-0.05, 0) is 56.9 Å². The minimum Gasteiger partial charge on any atom is -0.399 e. The summed E-state index contributed by atoms with van der Waals surface area (Å²) >= 11 is 0. The van der Waals surface area contributed by atoms with Crippen LogP contribution < -0.4 is 11.1 Å². The molecule has 1 heterocycles. The number of carbonyl (C=O) groups is 1. The zero-order chi connectivity index (χ0) is 15.6. The van der Waals surface area contributed by atoms with Crippen LogP contribution in [0.4, 0.5) is 5.69 Å². The van der Waals surface area contributed by atoms with Gasteiger partial charge in [0.25, 0.3) is 0 Å². The molecule has 2 rings (SSSR count). The first-order valence-electron chi connectivity index (χ1n) is 8.58. The van der Waals surface area contributed by atoms with Crippen LogP contribution in [0.1, 0.15) is 44.1 Å². The first kappa shape index (κ1) is 23.0. The number of nitrogens with zero attached hydrogens (tertiary/aromatic N) is 1. The highest BCUT2D eigenvalue weighted by Gasteiger charge is 2.08. The van der Waals surface area contributed by atoms with Gasteiger partial charge in [-0.2, -0.15) is 0 Å². The number of likely N-dealkylation sites (tertiary alicyclic amines) is 1. The Hall–Kier alpha value is -0.970. The van der Waals surface area contributed by atoms with Crippen molar-refractivity contribution in [1.82, 2.24) is 10.2 Å². The zero-order valence-electron chi connectivity index (χ0n) is 14.3. The molecular formula is C18H31Cl2N3O. The molecule has 0 aromatic heterocycles. The van der Waals surface area contributed by atoms with E-state index in [1.807, 2.05) is 24.3 Å². The van der Waals surface area contributed by atoms with Crippen LogP contribution >= 0.6 is 24.8 Å². The molecule has 0 spiro atoms. The predicted octanol–water partition coefficient (Wildman–Crippen LogP) is 3.43. The van der Waals surface area contributed by atoms with Gasteiger partial charge in [-0.15, -0.1) is 24.8 Å². The highest BCUT2D eigenvalue weighted by molar-refractivity contribution is 5.85. The number of nitrogen functional groups attached to an aromatic ring is 1. The number of rotatable bonds is 7. The number of anilines is 1. The largest absolute Gasteiger partial charge is 0.399 e. The summed E-state index contributed by atoms with van der Waals surface area (Å²) in [7, 11) is 0. The fourth-order valence-electron chi connectivity index (χ4n) is 2.99. The molecule has 1 saturated heterocycles. The van der Waals surface area contributed by atoms with Crippen molar-refractivity contribution in [2.24, 2.45) is 0 Å². The van der Waals surface area contributed by atoms with E-state index in [4.69, 9.17) is 5.73 Å². The van der Waals surface area contributed by atoms with Gasteiger partial charge in [-0.25, -0.2) is 0 Å². The molecule has 6 heteroatoms. The molecule has 1 amide bonds. The van der Waals surface area contributed by atoms with Gasteiger partial charge in [0.05, 0.1) is 0 Å². The monoisotopic (exact) mass is 375 g/mol. The van der Waals surface area contributed by atoms with Crippen LogP contribution in [0, 0.1) is 0 Å². The van der Waals surface area contributed by atoms with E-state index in [2.05, 4.69) is 10.2 Å². The van der Waals surface area contributed by atoms with E-state index in [0.717, 1.165) is 30.8 Å². The first-order chi connectivity index (χ1) is 10.8. The van der Waals surface area contributed by atoms with Gasteiger partial charge in [0.2, 0.25) is 5.91 Å². The summed E-state index contributed by atoms with van der Waals surface area (Å²) in [6, 6.07) is 7.75. The molecule has 4 nitrogen and oxygen atoms in total. The van der Waals surface area contributed by atoms with Gasteiger partial charge < -0.3 is 16.0 Å². The van der Waals surface area contributed by atoms with Crippen molar-refractivity contribution in [3.63, 3.8) is 0 Å². The lowest BCUT2D eigenvalue weighted by molar-refractivity contribution is -0.121. The smallest absolute Gasteiger partial charge is 0.220 e. The van der Waals surface area contributed by atoms with Crippen LogP contribution in [0.15, 0.2) is 24.3 Å². The Kier molecular flexibility index (Phi) is 12.8. The number of hydrogen-bond acceptors (Lipinski definition) is 3. The molecule has 3 N–H and O–H groups in total. The first-order valence-corrected chi connectivity index (χ1v) is 8.58. The molecule has 0 radical (unpaired) electrons. The Morgan fingerprint density at radius 1 is 1.08 bits per heavy atom. The highest BCUT2D eigenvalue weighted by atomic mass is 35.5. The van der Waals surface area contributed by atoms with Crippen molar-refractivity contribution in [2.45, 2.75) is 44.9 Å². The molecule has 0 atom stereocenters. The highest BCUT2D eigenvalue weighted by Crippen LogP contribution is 2.12. The van der Waals surface area contributed by atoms with Crippen LogP contribution in [-0.4, -0.2) is 37.0 Å². The van der Waals surface area contributed by atoms with Crippen molar-refractivity contribution in [1.29, 1.82) is 0 Å².